The number of halogens is 1. The molecule has 0 unspecified atom stereocenters. The molecule has 1 aliphatic heterocycles. The molecule has 2 rings (SSSR count). The number of aliphatic carboxylic acids is 1. The quantitative estimate of drug-likeness (QED) is 0.877. The van der Waals surface area contributed by atoms with E-state index in [-0.39, 0.29) is 5.82 Å². The summed E-state index contributed by atoms with van der Waals surface area (Å²) in [4.78, 5) is 13.8. The molecular weight excluding hydrogens is 285 g/mol. The van der Waals surface area contributed by atoms with Crippen molar-refractivity contribution in [1.29, 1.82) is 0 Å². The van der Waals surface area contributed by atoms with Gasteiger partial charge in [-0.25, -0.2) is 4.39 Å². The van der Waals surface area contributed by atoms with Crippen LogP contribution in [0.4, 0.5) is 4.39 Å². The summed E-state index contributed by atoms with van der Waals surface area (Å²) in [6, 6.07) is 4.97. The third-order valence-corrected chi connectivity index (χ3v) is 4.61. The van der Waals surface area contributed by atoms with Gasteiger partial charge in [-0.15, -0.1) is 0 Å². The first kappa shape index (κ1) is 16.9. The van der Waals surface area contributed by atoms with Gasteiger partial charge in [-0.1, -0.05) is 25.5 Å². The van der Waals surface area contributed by atoms with E-state index in [9.17, 15) is 19.4 Å². The number of hydrogen-bond acceptors (Lipinski definition) is 3. The minimum absolute atomic E-state index is 0.233. The van der Waals surface area contributed by atoms with Crippen LogP contribution in [0.25, 0.3) is 0 Å². The maximum atomic E-state index is 13.3. The number of carbonyl (C=O) groups is 1. The summed E-state index contributed by atoms with van der Waals surface area (Å²) in [5.74, 6) is -1.16. The predicted octanol–water partition coefficient (Wildman–Crippen LogP) is 2.57. The third kappa shape index (κ3) is 3.31. The van der Waals surface area contributed by atoms with Crippen LogP contribution in [-0.2, 0) is 11.3 Å². The van der Waals surface area contributed by atoms with E-state index in [1.54, 1.807) is 19.1 Å². The van der Waals surface area contributed by atoms with Crippen molar-refractivity contribution in [1.82, 2.24) is 4.90 Å². The van der Waals surface area contributed by atoms with Crippen molar-refractivity contribution in [2.24, 2.45) is 5.41 Å². The zero-order chi connectivity index (χ0) is 16.3. The number of piperidine rings is 1. The normalized spacial score (nSPS) is 26.1. The Morgan fingerprint density at radius 3 is 2.82 bits per heavy atom. The highest BCUT2D eigenvalue weighted by atomic mass is 19.1. The molecule has 22 heavy (non-hydrogen) atoms. The third-order valence-electron chi connectivity index (χ3n) is 4.61. The molecular formula is C17H24FNO3. The number of carboxylic acid groups (broad SMARTS) is 1. The lowest BCUT2D eigenvalue weighted by atomic mass is 9.74. The van der Waals surface area contributed by atoms with Crippen LogP contribution in [0, 0.1) is 18.2 Å². The number of carboxylic acids is 1. The van der Waals surface area contributed by atoms with E-state index in [1.807, 2.05) is 11.8 Å². The van der Waals surface area contributed by atoms with Gasteiger partial charge in [-0.2, -0.15) is 0 Å². The lowest BCUT2D eigenvalue weighted by Gasteiger charge is -2.43. The average Bonchev–Trinajstić information content (AvgIpc) is 2.46. The van der Waals surface area contributed by atoms with E-state index in [4.69, 9.17) is 0 Å². The second-order valence-corrected chi connectivity index (χ2v) is 6.31. The highest BCUT2D eigenvalue weighted by Crippen LogP contribution is 2.36. The van der Waals surface area contributed by atoms with Crippen LogP contribution in [0.2, 0.25) is 0 Å². The molecule has 1 saturated heterocycles. The van der Waals surface area contributed by atoms with Gasteiger partial charge in [-0.05, 0) is 37.0 Å². The molecule has 122 valence electrons. The predicted molar refractivity (Wildman–Crippen MR) is 82.0 cm³/mol. The van der Waals surface area contributed by atoms with Crippen molar-refractivity contribution in [2.45, 2.75) is 45.8 Å². The van der Waals surface area contributed by atoms with E-state index >= 15 is 0 Å². The van der Waals surface area contributed by atoms with Crippen LogP contribution in [0.1, 0.15) is 37.3 Å². The van der Waals surface area contributed by atoms with Crippen LogP contribution >= 0.6 is 0 Å². The molecule has 5 heteroatoms. The number of aliphatic hydroxyl groups excluding tert-OH is 1. The van der Waals surface area contributed by atoms with Gasteiger partial charge in [0.15, 0.2) is 0 Å². The Morgan fingerprint density at radius 1 is 1.50 bits per heavy atom. The highest BCUT2D eigenvalue weighted by Gasteiger charge is 2.48. The van der Waals surface area contributed by atoms with Crippen molar-refractivity contribution < 1.29 is 19.4 Å². The number of rotatable bonds is 5. The second-order valence-electron chi connectivity index (χ2n) is 6.31. The minimum Gasteiger partial charge on any atom is -0.481 e. The van der Waals surface area contributed by atoms with Gasteiger partial charge >= 0.3 is 5.97 Å². The standard InChI is InChI=1S/C17H24FNO3/c1-3-7-17(16(21)22)11-19(8-6-15(17)20)10-13-4-5-14(18)12(2)9-13/h4-5,9,15,20H,3,6-8,10-11H2,1-2H3,(H,21,22)/t15-,17+/m0/s1. The van der Waals surface area contributed by atoms with Crippen LogP contribution in [0.3, 0.4) is 0 Å². The van der Waals surface area contributed by atoms with Crippen molar-refractivity contribution in [3.8, 4) is 0 Å². The molecule has 0 amide bonds. The fourth-order valence-electron chi connectivity index (χ4n) is 3.37. The molecule has 0 spiro atoms. The minimum atomic E-state index is -1.10. The topological polar surface area (TPSA) is 60.8 Å². The maximum Gasteiger partial charge on any atom is 0.313 e. The first-order valence-electron chi connectivity index (χ1n) is 7.78. The van der Waals surface area contributed by atoms with Gasteiger partial charge in [0.25, 0.3) is 0 Å². The summed E-state index contributed by atoms with van der Waals surface area (Å²) in [5.41, 5.74) is 0.459. The Morgan fingerprint density at radius 2 is 2.23 bits per heavy atom. The summed E-state index contributed by atoms with van der Waals surface area (Å²) in [6.07, 6.45) is 0.818. The summed E-state index contributed by atoms with van der Waals surface area (Å²) in [5, 5.41) is 19.8. The van der Waals surface area contributed by atoms with Crippen LogP contribution < -0.4 is 0 Å². The molecule has 0 aromatic heterocycles. The lowest BCUT2D eigenvalue weighted by molar-refractivity contribution is -0.164. The van der Waals surface area contributed by atoms with Crippen molar-refractivity contribution in [3.05, 3.63) is 35.1 Å². The molecule has 1 aliphatic rings. The smallest absolute Gasteiger partial charge is 0.313 e. The van der Waals surface area contributed by atoms with Gasteiger partial charge in [0.1, 0.15) is 11.2 Å². The summed E-state index contributed by atoms with van der Waals surface area (Å²) >= 11 is 0. The highest BCUT2D eigenvalue weighted by molar-refractivity contribution is 5.76. The average molecular weight is 309 g/mol. The number of aryl methyl sites for hydroxylation is 1. The second kappa shape index (κ2) is 6.75. The zero-order valence-electron chi connectivity index (χ0n) is 13.2. The summed E-state index contributed by atoms with van der Waals surface area (Å²) < 4.78 is 13.3. The monoisotopic (exact) mass is 309 g/mol. The van der Waals surface area contributed by atoms with Crippen LogP contribution in [-0.4, -0.2) is 40.3 Å². The molecule has 0 radical (unpaired) electrons. The molecule has 0 bridgehead atoms. The van der Waals surface area contributed by atoms with E-state index in [2.05, 4.69) is 0 Å². The molecule has 1 aromatic rings. The van der Waals surface area contributed by atoms with Crippen molar-refractivity contribution in [3.63, 3.8) is 0 Å². The number of aliphatic hydroxyl groups is 1. The van der Waals surface area contributed by atoms with E-state index in [0.717, 1.165) is 5.56 Å². The molecule has 1 fully saturated rings. The van der Waals surface area contributed by atoms with E-state index < -0.39 is 17.5 Å². The SMILES string of the molecule is CCC[C@@]1(C(=O)O)CN(Cc2ccc(F)c(C)c2)CC[C@@H]1O. The molecule has 0 saturated carbocycles. The summed E-state index contributed by atoms with van der Waals surface area (Å²) in [7, 11) is 0. The number of benzene rings is 1. The van der Waals surface area contributed by atoms with Crippen LogP contribution in [0.15, 0.2) is 18.2 Å². The lowest BCUT2D eigenvalue weighted by Crippen LogP contribution is -2.55. The molecule has 1 aromatic carbocycles. The first-order valence-corrected chi connectivity index (χ1v) is 7.78. The Kier molecular flexibility index (Phi) is 5.19. The molecule has 1 heterocycles. The van der Waals surface area contributed by atoms with Gasteiger partial charge in [-0.3, -0.25) is 9.69 Å². The Labute approximate surface area is 130 Å². The molecule has 4 nitrogen and oxygen atoms in total. The molecule has 0 aliphatic carbocycles. The van der Waals surface area contributed by atoms with Gasteiger partial charge in [0.2, 0.25) is 0 Å². The number of hydrogen-bond donors (Lipinski definition) is 2. The largest absolute Gasteiger partial charge is 0.481 e. The Bertz CT molecular complexity index is 549. The van der Waals surface area contributed by atoms with E-state index in [1.165, 1.54) is 6.07 Å². The first-order chi connectivity index (χ1) is 10.4. The Balaban J connectivity index is 2.15. The number of likely N-dealkylation sites (tertiary alicyclic amines) is 1. The van der Waals surface area contributed by atoms with Crippen molar-refractivity contribution >= 4 is 5.97 Å². The fraction of sp³-hybridized carbons (Fsp3) is 0.588. The summed E-state index contributed by atoms with van der Waals surface area (Å²) in [6.45, 7) is 5.20. The number of nitrogens with zero attached hydrogens (tertiary/aromatic N) is 1. The van der Waals surface area contributed by atoms with Gasteiger partial charge < -0.3 is 10.2 Å². The molecule has 2 N–H and O–H groups in total. The maximum absolute atomic E-state index is 13.3. The van der Waals surface area contributed by atoms with Crippen LogP contribution in [0.5, 0.6) is 0 Å². The molecule has 2 atom stereocenters. The van der Waals surface area contributed by atoms with Crippen molar-refractivity contribution in [2.75, 3.05) is 13.1 Å². The fourth-order valence-corrected chi connectivity index (χ4v) is 3.37. The Hall–Kier alpha value is -1.46. The van der Waals surface area contributed by atoms with Gasteiger partial charge in [0.05, 0.1) is 6.10 Å². The van der Waals surface area contributed by atoms with E-state index in [0.29, 0.717) is 44.5 Å². The van der Waals surface area contributed by atoms with Gasteiger partial charge in [0, 0.05) is 19.6 Å². The zero-order valence-corrected chi connectivity index (χ0v) is 13.2.